The molecule has 100 valence electrons. The van der Waals surface area contributed by atoms with Crippen LogP contribution in [0.2, 0.25) is 5.02 Å². The summed E-state index contributed by atoms with van der Waals surface area (Å²) in [6.07, 6.45) is 0. The second-order valence-electron chi connectivity index (χ2n) is 3.82. The maximum atomic E-state index is 11.8. The zero-order chi connectivity index (χ0) is 14.0. The molecule has 0 saturated heterocycles. The highest BCUT2D eigenvalue weighted by atomic mass is 79.9. The topological polar surface area (TPSA) is 44.1 Å². The van der Waals surface area contributed by atoms with Crippen LogP contribution in [0.25, 0.3) is 5.69 Å². The van der Waals surface area contributed by atoms with Gasteiger partial charge < -0.3 is 4.74 Å². The second kappa shape index (κ2) is 5.75. The van der Waals surface area contributed by atoms with Crippen LogP contribution in [0, 0.1) is 6.92 Å². The van der Waals surface area contributed by atoms with Crippen LogP contribution >= 0.6 is 27.5 Å². The van der Waals surface area contributed by atoms with Crippen molar-refractivity contribution < 1.29 is 9.53 Å². The molecular weight excluding hydrogens is 332 g/mol. The van der Waals surface area contributed by atoms with E-state index >= 15 is 0 Å². The first-order valence-corrected chi connectivity index (χ1v) is 6.90. The summed E-state index contributed by atoms with van der Waals surface area (Å²) in [5.74, 6) is -0.438. The van der Waals surface area contributed by atoms with Crippen molar-refractivity contribution in [3.05, 3.63) is 45.4 Å². The van der Waals surface area contributed by atoms with Gasteiger partial charge in [0.2, 0.25) is 0 Å². The lowest BCUT2D eigenvalue weighted by atomic mass is 10.3. The van der Waals surface area contributed by atoms with Gasteiger partial charge in [-0.25, -0.2) is 9.78 Å². The number of carbonyl (C=O) groups excluding carboxylic acids is 1. The SMILES string of the molecule is CCOC(=O)c1nc(Br)n(-c2ccccc2Cl)c1C. The lowest BCUT2D eigenvalue weighted by molar-refractivity contribution is 0.0519. The minimum absolute atomic E-state index is 0.286. The Labute approximate surface area is 124 Å². The van der Waals surface area contributed by atoms with E-state index in [0.717, 1.165) is 5.69 Å². The highest BCUT2D eigenvalue weighted by Gasteiger charge is 2.21. The molecule has 0 spiro atoms. The first-order valence-electron chi connectivity index (χ1n) is 5.73. The van der Waals surface area contributed by atoms with E-state index in [-0.39, 0.29) is 5.69 Å². The Morgan fingerprint density at radius 1 is 1.47 bits per heavy atom. The number of rotatable bonds is 3. The lowest BCUT2D eigenvalue weighted by Crippen LogP contribution is -2.07. The Bertz CT molecular complexity index is 625. The molecule has 0 aliphatic heterocycles. The van der Waals surface area contributed by atoms with E-state index in [1.54, 1.807) is 24.5 Å². The molecule has 2 aromatic rings. The molecule has 1 aromatic heterocycles. The fraction of sp³-hybridized carbons (Fsp3) is 0.231. The number of nitrogens with zero attached hydrogens (tertiary/aromatic N) is 2. The van der Waals surface area contributed by atoms with Crippen LogP contribution in [-0.2, 0) is 4.74 Å². The van der Waals surface area contributed by atoms with Crippen molar-refractivity contribution in [1.29, 1.82) is 0 Å². The summed E-state index contributed by atoms with van der Waals surface area (Å²) in [5, 5.41) is 0.583. The van der Waals surface area contributed by atoms with Gasteiger partial charge in [0.15, 0.2) is 10.4 Å². The standard InChI is InChI=1S/C13H12BrClN2O2/c1-3-19-12(18)11-8(2)17(13(14)16-11)10-7-5-4-6-9(10)15/h4-7H,3H2,1-2H3. The van der Waals surface area contributed by atoms with Crippen molar-refractivity contribution >= 4 is 33.5 Å². The molecule has 4 nitrogen and oxygen atoms in total. The third kappa shape index (κ3) is 2.67. The fourth-order valence-electron chi connectivity index (χ4n) is 1.77. The molecule has 0 aliphatic carbocycles. The largest absolute Gasteiger partial charge is 0.461 e. The molecule has 0 unspecified atom stereocenters. The van der Waals surface area contributed by atoms with Crippen LogP contribution in [-0.4, -0.2) is 22.1 Å². The molecule has 0 bridgehead atoms. The third-order valence-corrected chi connectivity index (χ3v) is 3.48. The second-order valence-corrected chi connectivity index (χ2v) is 4.94. The maximum absolute atomic E-state index is 11.8. The number of benzene rings is 1. The molecular formula is C13H12BrClN2O2. The normalized spacial score (nSPS) is 10.5. The Morgan fingerprint density at radius 3 is 2.79 bits per heavy atom. The van der Waals surface area contributed by atoms with Gasteiger partial charge >= 0.3 is 5.97 Å². The van der Waals surface area contributed by atoms with Crippen LogP contribution in [0.1, 0.15) is 23.1 Å². The minimum Gasteiger partial charge on any atom is -0.461 e. The predicted molar refractivity (Wildman–Crippen MR) is 77.0 cm³/mol. The maximum Gasteiger partial charge on any atom is 0.358 e. The average Bonchev–Trinajstić information content (AvgIpc) is 2.66. The number of hydrogen-bond donors (Lipinski definition) is 0. The molecule has 1 aromatic carbocycles. The van der Waals surface area contributed by atoms with E-state index in [9.17, 15) is 4.79 Å². The zero-order valence-electron chi connectivity index (χ0n) is 10.5. The van der Waals surface area contributed by atoms with Crippen molar-refractivity contribution in [2.45, 2.75) is 13.8 Å². The van der Waals surface area contributed by atoms with E-state index in [2.05, 4.69) is 20.9 Å². The molecule has 0 amide bonds. The molecule has 0 saturated carbocycles. The number of aromatic nitrogens is 2. The van der Waals surface area contributed by atoms with Crippen molar-refractivity contribution in [2.75, 3.05) is 6.61 Å². The summed E-state index contributed by atoms with van der Waals surface area (Å²) in [4.78, 5) is 16.0. The summed E-state index contributed by atoms with van der Waals surface area (Å²) in [5.41, 5.74) is 1.73. The van der Waals surface area contributed by atoms with Gasteiger partial charge in [0.1, 0.15) is 0 Å². The van der Waals surface area contributed by atoms with Crippen LogP contribution in [0.5, 0.6) is 0 Å². The molecule has 2 rings (SSSR count). The summed E-state index contributed by atoms with van der Waals surface area (Å²) in [6, 6.07) is 7.36. The molecule has 0 N–H and O–H groups in total. The quantitative estimate of drug-likeness (QED) is 0.797. The van der Waals surface area contributed by atoms with E-state index in [1.165, 1.54) is 0 Å². The van der Waals surface area contributed by atoms with Crippen LogP contribution in [0.4, 0.5) is 0 Å². The number of esters is 1. The fourth-order valence-corrected chi connectivity index (χ4v) is 2.63. The van der Waals surface area contributed by atoms with Crippen molar-refractivity contribution in [2.24, 2.45) is 0 Å². The third-order valence-electron chi connectivity index (χ3n) is 2.63. The van der Waals surface area contributed by atoms with Gasteiger partial charge in [-0.1, -0.05) is 23.7 Å². The molecule has 0 radical (unpaired) electrons. The Balaban J connectivity index is 2.54. The van der Waals surface area contributed by atoms with Gasteiger partial charge in [-0.2, -0.15) is 0 Å². The summed E-state index contributed by atoms with van der Waals surface area (Å²) < 4.78 is 7.26. The number of ether oxygens (including phenoxy) is 1. The van der Waals surface area contributed by atoms with Gasteiger partial charge in [-0.15, -0.1) is 0 Å². The van der Waals surface area contributed by atoms with Crippen LogP contribution in [0.3, 0.4) is 0 Å². The first kappa shape index (κ1) is 14.1. The summed E-state index contributed by atoms with van der Waals surface area (Å²) in [7, 11) is 0. The lowest BCUT2D eigenvalue weighted by Gasteiger charge is -2.09. The number of imidazole rings is 1. The minimum atomic E-state index is -0.438. The van der Waals surface area contributed by atoms with Crippen LogP contribution < -0.4 is 0 Å². The zero-order valence-corrected chi connectivity index (χ0v) is 12.8. The number of halogens is 2. The molecule has 1 heterocycles. The van der Waals surface area contributed by atoms with Crippen molar-refractivity contribution in [1.82, 2.24) is 9.55 Å². The predicted octanol–water partition coefficient (Wildman–Crippen LogP) is 3.77. The van der Waals surface area contributed by atoms with Gasteiger partial charge in [-0.05, 0) is 41.9 Å². The molecule has 0 fully saturated rings. The first-order chi connectivity index (χ1) is 9.06. The van der Waals surface area contributed by atoms with E-state index < -0.39 is 5.97 Å². The molecule has 19 heavy (non-hydrogen) atoms. The summed E-state index contributed by atoms with van der Waals surface area (Å²) >= 11 is 9.51. The highest BCUT2D eigenvalue weighted by Crippen LogP contribution is 2.27. The van der Waals surface area contributed by atoms with Gasteiger partial charge in [0.25, 0.3) is 0 Å². The Kier molecular flexibility index (Phi) is 4.27. The number of hydrogen-bond acceptors (Lipinski definition) is 3. The van der Waals surface area contributed by atoms with Gasteiger partial charge in [0.05, 0.1) is 23.0 Å². The Hall–Kier alpha value is -1.33. The monoisotopic (exact) mass is 342 g/mol. The molecule has 6 heteroatoms. The Morgan fingerprint density at radius 2 is 2.16 bits per heavy atom. The molecule has 0 atom stereocenters. The smallest absolute Gasteiger partial charge is 0.358 e. The number of para-hydroxylation sites is 1. The summed E-state index contributed by atoms with van der Waals surface area (Å²) in [6.45, 7) is 3.87. The van der Waals surface area contributed by atoms with Crippen molar-refractivity contribution in [3.8, 4) is 5.69 Å². The highest BCUT2D eigenvalue weighted by molar-refractivity contribution is 9.10. The van der Waals surface area contributed by atoms with E-state index in [1.807, 2.05) is 18.2 Å². The van der Waals surface area contributed by atoms with Gasteiger partial charge in [0, 0.05) is 0 Å². The average molecular weight is 344 g/mol. The van der Waals surface area contributed by atoms with Crippen molar-refractivity contribution in [3.63, 3.8) is 0 Å². The number of carbonyl (C=O) groups is 1. The van der Waals surface area contributed by atoms with Crippen LogP contribution in [0.15, 0.2) is 29.0 Å². The molecule has 0 aliphatic rings. The van der Waals surface area contributed by atoms with E-state index in [0.29, 0.717) is 22.1 Å². The van der Waals surface area contributed by atoms with Gasteiger partial charge in [-0.3, -0.25) is 4.57 Å². The van der Waals surface area contributed by atoms with E-state index in [4.69, 9.17) is 16.3 Å².